The molecule has 2 aromatic carbocycles. The molecule has 0 atom stereocenters. The van der Waals surface area contributed by atoms with Crippen molar-refractivity contribution in [1.29, 1.82) is 0 Å². The molecule has 2 heterocycles. The number of hydrogen-bond acceptors (Lipinski definition) is 4. The molecule has 0 aliphatic carbocycles. The molecule has 0 saturated carbocycles. The monoisotopic (exact) mass is 397 g/mol. The second-order valence-electron chi connectivity index (χ2n) is 8.61. The van der Waals surface area contributed by atoms with Gasteiger partial charge in [0.15, 0.2) is 0 Å². The molecule has 0 radical (unpaired) electrons. The van der Waals surface area contributed by atoms with Gasteiger partial charge in [0.05, 0.1) is 6.04 Å². The van der Waals surface area contributed by atoms with Crippen molar-refractivity contribution in [3.05, 3.63) is 71.8 Å². The van der Waals surface area contributed by atoms with Crippen molar-refractivity contribution in [2.24, 2.45) is 4.36 Å². The highest BCUT2D eigenvalue weighted by molar-refractivity contribution is 7.92. The number of benzene rings is 2. The first-order chi connectivity index (χ1) is 13.4. The standard InChI is InChI=1S/C23H31N3OS/c1-28(2,27)24-23(17-25-15-9-10-16-25)18-26(19-23)22(20-11-5-3-6-12-20)21-13-7-4-8-14-21/h3-8,11-14,22H,9-10,15-19H2,1-2H3. The van der Waals surface area contributed by atoms with Crippen molar-refractivity contribution >= 4 is 9.73 Å². The Morgan fingerprint density at radius 3 is 1.89 bits per heavy atom. The third-order valence-electron chi connectivity index (χ3n) is 5.72. The summed E-state index contributed by atoms with van der Waals surface area (Å²) in [5, 5.41) is 0. The van der Waals surface area contributed by atoms with Crippen LogP contribution < -0.4 is 0 Å². The Morgan fingerprint density at radius 2 is 1.43 bits per heavy atom. The van der Waals surface area contributed by atoms with Gasteiger partial charge in [0, 0.05) is 41.9 Å². The van der Waals surface area contributed by atoms with Gasteiger partial charge in [-0.25, -0.2) is 4.36 Å². The predicted octanol–water partition coefficient (Wildman–Crippen LogP) is 3.65. The highest BCUT2D eigenvalue weighted by atomic mass is 32.2. The fourth-order valence-corrected chi connectivity index (χ4v) is 5.89. The number of rotatable bonds is 6. The van der Waals surface area contributed by atoms with Crippen LogP contribution in [0.1, 0.15) is 30.0 Å². The van der Waals surface area contributed by atoms with Gasteiger partial charge in [-0.15, -0.1) is 0 Å². The molecule has 5 heteroatoms. The summed E-state index contributed by atoms with van der Waals surface area (Å²) in [6.07, 6.45) is 6.08. The summed E-state index contributed by atoms with van der Waals surface area (Å²) in [5.41, 5.74) is 2.39. The first-order valence-corrected chi connectivity index (χ1v) is 12.5. The minimum atomic E-state index is -2.14. The van der Waals surface area contributed by atoms with Gasteiger partial charge in [0.25, 0.3) is 0 Å². The number of likely N-dealkylation sites (tertiary alicyclic amines) is 2. The number of nitrogens with zero attached hydrogens (tertiary/aromatic N) is 3. The summed E-state index contributed by atoms with van der Waals surface area (Å²) in [6.45, 7) is 4.94. The van der Waals surface area contributed by atoms with E-state index in [1.54, 1.807) is 12.5 Å². The Balaban J connectivity index is 1.62. The van der Waals surface area contributed by atoms with Gasteiger partial charge < -0.3 is 4.90 Å². The molecule has 4 rings (SSSR count). The van der Waals surface area contributed by atoms with Crippen LogP contribution >= 0.6 is 0 Å². The molecule has 150 valence electrons. The van der Waals surface area contributed by atoms with E-state index in [9.17, 15) is 4.21 Å². The van der Waals surface area contributed by atoms with Crippen LogP contribution in [0.3, 0.4) is 0 Å². The molecule has 2 aromatic rings. The largest absolute Gasteiger partial charge is 0.301 e. The molecule has 2 fully saturated rings. The molecule has 2 saturated heterocycles. The summed E-state index contributed by atoms with van der Waals surface area (Å²) >= 11 is 0. The van der Waals surface area contributed by atoms with Gasteiger partial charge in [0.2, 0.25) is 0 Å². The topological polar surface area (TPSA) is 35.9 Å². The Labute approximate surface area is 169 Å². The van der Waals surface area contributed by atoms with E-state index in [0.29, 0.717) is 0 Å². The van der Waals surface area contributed by atoms with Crippen LogP contribution in [0.2, 0.25) is 0 Å². The van der Waals surface area contributed by atoms with E-state index in [4.69, 9.17) is 4.36 Å². The molecule has 2 aliphatic heterocycles. The van der Waals surface area contributed by atoms with Gasteiger partial charge in [-0.2, -0.15) is 0 Å². The van der Waals surface area contributed by atoms with E-state index >= 15 is 0 Å². The lowest BCUT2D eigenvalue weighted by Gasteiger charge is -2.52. The zero-order chi connectivity index (χ0) is 19.6. The molecule has 0 N–H and O–H groups in total. The van der Waals surface area contributed by atoms with Crippen LogP contribution in [-0.4, -0.2) is 64.8 Å². The van der Waals surface area contributed by atoms with Gasteiger partial charge in [-0.1, -0.05) is 60.7 Å². The third-order valence-corrected chi connectivity index (χ3v) is 6.55. The summed E-state index contributed by atoms with van der Waals surface area (Å²) in [4.78, 5) is 5.00. The Morgan fingerprint density at radius 1 is 0.929 bits per heavy atom. The minimum Gasteiger partial charge on any atom is -0.301 e. The highest BCUT2D eigenvalue weighted by Gasteiger charge is 2.48. The maximum Gasteiger partial charge on any atom is 0.108 e. The van der Waals surface area contributed by atoms with Crippen LogP contribution in [0, 0.1) is 0 Å². The maximum absolute atomic E-state index is 12.6. The smallest absolute Gasteiger partial charge is 0.108 e. The Kier molecular flexibility index (Phi) is 5.59. The predicted molar refractivity (Wildman–Crippen MR) is 117 cm³/mol. The Hall–Kier alpha value is -1.69. The van der Waals surface area contributed by atoms with E-state index < -0.39 is 9.73 Å². The Bertz CT molecular complexity index is 846. The van der Waals surface area contributed by atoms with E-state index in [-0.39, 0.29) is 11.6 Å². The minimum absolute atomic E-state index is 0.216. The molecular formula is C23H31N3OS. The second kappa shape index (κ2) is 7.97. The molecule has 0 unspecified atom stereocenters. The average Bonchev–Trinajstić information content (AvgIpc) is 3.14. The van der Waals surface area contributed by atoms with Crippen molar-refractivity contribution < 1.29 is 4.21 Å². The zero-order valence-electron chi connectivity index (χ0n) is 17.0. The molecule has 0 amide bonds. The van der Waals surface area contributed by atoms with E-state index in [0.717, 1.165) is 32.7 Å². The normalized spacial score (nSPS) is 20.2. The van der Waals surface area contributed by atoms with Crippen LogP contribution in [-0.2, 0) is 9.73 Å². The van der Waals surface area contributed by atoms with Gasteiger partial charge in [-0.3, -0.25) is 9.11 Å². The van der Waals surface area contributed by atoms with Crippen LogP contribution in [0.5, 0.6) is 0 Å². The van der Waals surface area contributed by atoms with Crippen LogP contribution in [0.4, 0.5) is 0 Å². The fourth-order valence-electron chi connectivity index (χ4n) is 4.79. The SMILES string of the molecule is CS(C)(=O)=NC1(CN2CCCC2)CN(C(c2ccccc2)c2ccccc2)C1. The summed E-state index contributed by atoms with van der Waals surface area (Å²) in [7, 11) is -2.14. The quantitative estimate of drug-likeness (QED) is 0.746. The number of hydrogen-bond donors (Lipinski definition) is 0. The van der Waals surface area contributed by atoms with Crippen LogP contribution in [0.25, 0.3) is 0 Å². The van der Waals surface area contributed by atoms with E-state index in [2.05, 4.69) is 70.5 Å². The second-order valence-corrected chi connectivity index (χ2v) is 11.2. The molecule has 0 spiro atoms. The van der Waals surface area contributed by atoms with Crippen molar-refractivity contribution in [1.82, 2.24) is 9.80 Å². The lowest BCUT2D eigenvalue weighted by molar-refractivity contribution is 0.0252. The molecule has 0 aromatic heterocycles. The fraction of sp³-hybridized carbons (Fsp3) is 0.478. The average molecular weight is 398 g/mol. The van der Waals surface area contributed by atoms with Crippen LogP contribution in [0.15, 0.2) is 65.0 Å². The van der Waals surface area contributed by atoms with Crippen molar-refractivity contribution in [2.45, 2.75) is 24.4 Å². The molecule has 28 heavy (non-hydrogen) atoms. The van der Waals surface area contributed by atoms with E-state index in [1.165, 1.54) is 24.0 Å². The van der Waals surface area contributed by atoms with Crippen molar-refractivity contribution in [3.8, 4) is 0 Å². The lowest BCUT2D eigenvalue weighted by atomic mass is 9.85. The van der Waals surface area contributed by atoms with E-state index in [1.807, 2.05) is 0 Å². The highest BCUT2D eigenvalue weighted by Crippen LogP contribution is 2.39. The summed E-state index contributed by atoms with van der Waals surface area (Å²) in [5.74, 6) is 0. The third kappa shape index (κ3) is 4.48. The molecule has 0 bridgehead atoms. The van der Waals surface area contributed by atoms with Crippen molar-refractivity contribution in [2.75, 3.05) is 45.2 Å². The summed E-state index contributed by atoms with van der Waals surface area (Å²) < 4.78 is 17.5. The van der Waals surface area contributed by atoms with Gasteiger partial charge >= 0.3 is 0 Å². The van der Waals surface area contributed by atoms with Gasteiger partial charge in [-0.05, 0) is 37.1 Å². The first-order valence-electron chi connectivity index (χ1n) is 10.2. The van der Waals surface area contributed by atoms with Gasteiger partial charge in [0.1, 0.15) is 5.54 Å². The molecule has 4 nitrogen and oxygen atoms in total. The lowest BCUT2D eigenvalue weighted by Crippen LogP contribution is -2.65. The maximum atomic E-state index is 12.6. The molecule has 2 aliphatic rings. The van der Waals surface area contributed by atoms with Crippen molar-refractivity contribution in [3.63, 3.8) is 0 Å². The first kappa shape index (κ1) is 19.6. The summed E-state index contributed by atoms with van der Waals surface area (Å²) in [6, 6.07) is 21.6. The molecular weight excluding hydrogens is 366 g/mol. The zero-order valence-corrected chi connectivity index (χ0v) is 17.8.